The maximum Gasteiger partial charge on any atom is 0.0110 e. The molecule has 1 fully saturated rings. The second kappa shape index (κ2) is 8.92. The first-order valence-electron chi connectivity index (χ1n) is 8.14. The monoisotopic (exact) mass is 254 g/mol. The first-order chi connectivity index (χ1) is 8.67. The Morgan fingerprint density at radius 2 is 1.72 bits per heavy atom. The van der Waals surface area contributed by atoms with Crippen LogP contribution < -0.4 is 5.32 Å². The van der Waals surface area contributed by atoms with Gasteiger partial charge in [-0.15, -0.1) is 0 Å². The van der Waals surface area contributed by atoms with Gasteiger partial charge in [0.2, 0.25) is 0 Å². The predicted molar refractivity (Wildman–Crippen MR) is 81.0 cm³/mol. The lowest BCUT2D eigenvalue weighted by molar-refractivity contribution is 0.165. The Balaban J connectivity index is 2.29. The molecular weight excluding hydrogens is 220 g/mol. The van der Waals surface area contributed by atoms with E-state index in [1.54, 1.807) is 0 Å². The molecule has 18 heavy (non-hydrogen) atoms. The van der Waals surface area contributed by atoms with Gasteiger partial charge in [0.15, 0.2) is 0 Å². The van der Waals surface area contributed by atoms with Gasteiger partial charge in [-0.1, -0.05) is 40.5 Å². The number of rotatable bonds is 9. The summed E-state index contributed by atoms with van der Waals surface area (Å²) < 4.78 is 0. The Morgan fingerprint density at radius 3 is 2.22 bits per heavy atom. The molecule has 0 aromatic heterocycles. The summed E-state index contributed by atoms with van der Waals surface area (Å²) >= 11 is 0. The van der Waals surface area contributed by atoms with Crippen molar-refractivity contribution in [2.45, 2.75) is 78.3 Å². The molecule has 0 heterocycles. The summed E-state index contributed by atoms with van der Waals surface area (Å²) in [5.41, 5.74) is 0. The van der Waals surface area contributed by atoms with Crippen molar-refractivity contribution in [2.75, 3.05) is 19.6 Å². The van der Waals surface area contributed by atoms with E-state index in [9.17, 15) is 0 Å². The van der Waals surface area contributed by atoms with Crippen LogP contribution in [0.3, 0.4) is 0 Å². The molecule has 1 aliphatic carbocycles. The van der Waals surface area contributed by atoms with Crippen LogP contribution in [0.2, 0.25) is 0 Å². The zero-order valence-electron chi connectivity index (χ0n) is 13.0. The van der Waals surface area contributed by atoms with Crippen LogP contribution in [0, 0.1) is 5.92 Å². The summed E-state index contributed by atoms with van der Waals surface area (Å²) in [7, 11) is 0. The van der Waals surface area contributed by atoms with Crippen molar-refractivity contribution in [1.29, 1.82) is 0 Å². The van der Waals surface area contributed by atoms with Gasteiger partial charge in [0, 0.05) is 31.7 Å². The van der Waals surface area contributed by atoms with Crippen molar-refractivity contribution < 1.29 is 0 Å². The Labute approximate surface area is 115 Å². The Bertz CT molecular complexity index is 193. The Kier molecular flexibility index (Phi) is 7.92. The third-order valence-corrected chi connectivity index (χ3v) is 4.25. The molecule has 0 aromatic rings. The van der Waals surface area contributed by atoms with Gasteiger partial charge in [-0.25, -0.2) is 0 Å². The average molecular weight is 254 g/mol. The normalized spacial score (nSPS) is 17.5. The highest BCUT2D eigenvalue weighted by molar-refractivity contribution is 4.76. The molecule has 0 unspecified atom stereocenters. The molecule has 0 aromatic carbocycles. The van der Waals surface area contributed by atoms with Gasteiger partial charge in [0.25, 0.3) is 0 Å². The van der Waals surface area contributed by atoms with E-state index in [2.05, 4.69) is 37.9 Å². The Hall–Kier alpha value is -0.0800. The van der Waals surface area contributed by atoms with Crippen molar-refractivity contribution in [2.24, 2.45) is 5.92 Å². The van der Waals surface area contributed by atoms with Crippen LogP contribution >= 0.6 is 0 Å². The van der Waals surface area contributed by atoms with Gasteiger partial charge in [-0.3, -0.25) is 4.90 Å². The van der Waals surface area contributed by atoms with E-state index in [1.165, 1.54) is 58.2 Å². The van der Waals surface area contributed by atoms with Gasteiger partial charge in [0.1, 0.15) is 0 Å². The summed E-state index contributed by atoms with van der Waals surface area (Å²) in [6, 6.07) is 1.59. The van der Waals surface area contributed by atoms with Crippen molar-refractivity contribution in [1.82, 2.24) is 10.2 Å². The fraction of sp³-hybridized carbons (Fsp3) is 1.00. The summed E-state index contributed by atoms with van der Waals surface area (Å²) in [6.07, 6.45) is 8.23. The van der Waals surface area contributed by atoms with Crippen LogP contribution in [0.4, 0.5) is 0 Å². The molecule has 0 bridgehead atoms. The zero-order valence-corrected chi connectivity index (χ0v) is 13.0. The molecule has 0 saturated heterocycles. The lowest BCUT2D eigenvalue weighted by atomic mass is 10.1. The van der Waals surface area contributed by atoms with E-state index in [4.69, 9.17) is 0 Å². The number of hydrogen-bond acceptors (Lipinski definition) is 2. The van der Waals surface area contributed by atoms with Gasteiger partial charge >= 0.3 is 0 Å². The first kappa shape index (κ1) is 16.0. The summed E-state index contributed by atoms with van der Waals surface area (Å²) in [4.78, 5) is 2.70. The molecule has 1 saturated carbocycles. The minimum absolute atomic E-state index is 0.775. The smallest absolute Gasteiger partial charge is 0.0110 e. The molecule has 0 atom stereocenters. The second-order valence-corrected chi connectivity index (χ2v) is 6.29. The highest BCUT2D eigenvalue weighted by atomic mass is 15.2. The molecule has 0 radical (unpaired) electrons. The molecule has 1 rings (SSSR count). The minimum atomic E-state index is 0.775. The van der Waals surface area contributed by atoms with E-state index in [1.807, 2.05) is 0 Å². The molecule has 1 aliphatic rings. The lowest BCUT2D eigenvalue weighted by Gasteiger charge is -2.32. The fourth-order valence-electron chi connectivity index (χ4n) is 3.24. The maximum absolute atomic E-state index is 3.75. The third kappa shape index (κ3) is 5.71. The molecule has 108 valence electrons. The average Bonchev–Trinajstić information content (AvgIpc) is 2.82. The van der Waals surface area contributed by atoms with Crippen molar-refractivity contribution >= 4 is 0 Å². The highest BCUT2D eigenvalue weighted by Crippen LogP contribution is 2.17. The predicted octanol–water partition coefficient (Wildman–Crippen LogP) is 3.67. The number of nitrogens with zero attached hydrogens (tertiary/aromatic N) is 1. The molecule has 0 aliphatic heterocycles. The molecule has 0 spiro atoms. The highest BCUT2D eigenvalue weighted by Gasteiger charge is 2.18. The SMILES string of the molecule is CCC(CC)N(CCNC1CCCC1)CC(C)C. The van der Waals surface area contributed by atoms with E-state index in [0.717, 1.165) is 18.0 Å². The van der Waals surface area contributed by atoms with Crippen LogP contribution in [-0.2, 0) is 0 Å². The van der Waals surface area contributed by atoms with Gasteiger partial charge < -0.3 is 5.32 Å². The Morgan fingerprint density at radius 1 is 1.11 bits per heavy atom. The van der Waals surface area contributed by atoms with Crippen LogP contribution in [0.1, 0.15) is 66.2 Å². The lowest BCUT2D eigenvalue weighted by Crippen LogP contribution is -2.42. The zero-order chi connectivity index (χ0) is 13.4. The van der Waals surface area contributed by atoms with Crippen molar-refractivity contribution in [3.63, 3.8) is 0 Å². The van der Waals surface area contributed by atoms with Gasteiger partial charge in [0.05, 0.1) is 0 Å². The van der Waals surface area contributed by atoms with Crippen LogP contribution in [0.5, 0.6) is 0 Å². The topological polar surface area (TPSA) is 15.3 Å². The van der Waals surface area contributed by atoms with Crippen molar-refractivity contribution in [3.05, 3.63) is 0 Å². The minimum Gasteiger partial charge on any atom is -0.313 e. The molecule has 0 amide bonds. The fourth-order valence-corrected chi connectivity index (χ4v) is 3.24. The largest absolute Gasteiger partial charge is 0.313 e. The van der Waals surface area contributed by atoms with E-state index >= 15 is 0 Å². The first-order valence-corrected chi connectivity index (χ1v) is 8.14. The van der Waals surface area contributed by atoms with Crippen molar-refractivity contribution in [3.8, 4) is 0 Å². The summed E-state index contributed by atoms with van der Waals surface area (Å²) in [6.45, 7) is 13.0. The van der Waals surface area contributed by atoms with E-state index in [-0.39, 0.29) is 0 Å². The number of nitrogens with one attached hydrogen (secondary N) is 1. The summed E-state index contributed by atoms with van der Waals surface area (Å²) in [5.74, 6) is 0.775. The van der Waals surface area contributed by atoms with E-state index in [0.29, 0.717) is 0 Å². The molecular formula is C16H34N2. The van der Waals surface area contributed by atoms with Crippen LogP contribution in [-0.4, -0.2) is 36.6 Å². The quantitative estimate of drug-likeness (QED) is 0.675. The van der Waals surface area contributed by atoms with Crippen LogP contribution in [0.15, 0.2) is 0 Å². The second-order valence-electron chi connectivity index (χ2n) is 6.29. The molecule has 2 heteroatoms. The van der Waals surface area contributed by atoms with Gasteiger partial charge in [-0.2, -0.15) is 0 Å². The van der Waals surface area contributed by atoms with Crippen LogP contribution in [0.25, 0.3) is 0 Å². The third-order valence-electron chi connectivity index (χ3n) is 4.25. The molecule has 1 N–H and O–H groups in total. The standard InChI is InChI=1S/C16H34N2/c1-5-16(6-2)18(13-14(3)4)12-11-17-15-9-7-8-10-15/h14-17H,5-13H2,1-4H3. The number of hydrogen-bond donors (Lipinski definition) is 1. The van der Waals surface area contributed by atoms with Gasteiger partial charge in [-0.05, 0) is 31.6 Å². The summed E-state index contributed by atoms with van der Waals surface area (Å²) in [5, 5.41) is 3.75. The molecule has 2 nitrogen and oxygen atoms in total. The van der Waals surface area contributed by atoms with E-state index < -0.39 is 0 Å². The maximum atomic E-state index is 3.75.